The number of hydrogen-bond acceptors (Lipinski definition) is 5. The molecular weight excluding hydrogens is 434 g/mol. The van der Waals surface area contributed by atoms with E-state index in [1.54, 1.807) is 18.7 Å². The van der Waals surface area contributed by atoms with Gasteiger partial charge in [-0.05, 0) is 43.9 Å². The van der Waals surface area contributed by atoms with Gasteiger partial charge in [-0.25, -0.2) is 8.78 Å². The largest absolute Gasteiger partial charge is 0.390 e. The molecule has 0 spiro atoms. The van der Waals surface area contributed by atoms with Gasteiger partial charge in [0, 0.05) is 42.4 Å². The normalized spacial score (nSPS) is 54.8. The minimum absolute atomic E-state index is 0.0334. The minimum Gasteiger partial charge on any atom is -0.390 e. The second kappa shape index (κ2) is 7.02. The molecule has 1 saturated heterocycles. The van der Waals surface area contributed by atoms with Gasteiger partial charge < -0.3 is 14.6 Å². The number of thioether (sulfide) groups is 1. The lowest BCUT2D eigenvalue weighted by atomic mass is 9.45. The van der Waals surface area contributed by atoms with Gasteiger partial charge in [0.05, 0.1) is 6.10 Å². The molecule has 4 nitrogen and oxygen atoms in total. The molecule has 1 heterocycles. The third-order valence-electron chi connectivity index (χ3n) is 9.92. The van der Waals surface area contributed by atoms with Crippen LogP contribution in [0.4, 0.5) is 8.78 Å². The molecule has 0 radical (unpaired) electrons. The number of ketones is 1. The van der Waals surface area contributed by atoms with E-state index in [0.29, 0.717) is 6.42 Å². The fraction of sp³-hybridized carbons (Fsp3) is 0.880. The lowest BCUT2D eigenvalue weighted by Crippen LogP contribution is -2.68. The first-order valence-corrected chi connectivity index (χ1v) is 13.3. The predicted molar refractivity (Wildman–Crippen MR) is 119 cm³/mol. The molecular formula is C25H36F2O4S. The summed E-state index contributed by atoms with van der Waals surface area (Å²) in [6.45, 7) is 7.88. The van der Waals surface area contributed by atoms with Crippen LogP contribution in [0, 0.1) is 22.7 Å². The van der Waals surface area contributed by atoms with Crippen LogP contribution in [-0.4, -0.2) is 45.7 Å². The SMILES string of the molecule is CCC[C@]1(C)O[C@@H]2CC3C4CC(F)=C5CC(=O)CC[C@]5(C)[C@@]4(F)[C@@H](O)C[C@]3(C)[C@]2(SC)O1. The van der Waals surface area contributed by atoms with Gasteiger partial charge in [-0.3, -0.25) is 4.79 Å². The first-order valence-electron chi connectivity index (χ1n) is 12.1. The number of allylic oxidation sites excluding steroid dienone is 2. The zero-order valence-electron chi connectivity index (χ0n) is 19.8. The molecule has 5 aliphatic rings. The summed E-state index contributed by atoms with van der Waals surface area (Å²) >= 11 is 1.60. The maximum absolute atomic E-state index is 17.3. The van der Waals surface area contributed by atoms with Gasteiger partial charge in [0.2, 0.25) is 0 Å². The molecule has 4 aliphatic carbocycles. The van der Waals surface area contributed by atoms with E-state index >= 15 is 8.78 Å². The summed E-state index contributed by atoms with van der Waals surface area (Å²) in [5.41, 5.74) is -3.39. The Balaban J connectivity index is 1.60. The molecule has 1 N–H and O–H groups in total. The first kappa shape index (κ1) is 23.3. The van der Waals surface area contributed by atoms with Gasteiger partial charge in [0.1, 0.15) is 28.3 Å². The van der Waals surface area contributed by atoms with E-state index in [1.807, 2.05) is 13.2 Å². The van der Waals surface area contributed by atoms with Crippen molar-refractivity contribution in [1.82, 2.24) is 0 Å². The van der Waals surface area contributed by atoms with E-state index in [1.165, 1.54) is 0 Å². The van der Waals surface area contributed by atoms with E-state index < -0.39 is 39.2 Å². The quantitative estimate of drug-likeness (QED) is 0.592. The Kier molecular flexibility index (Phi) is 5.10. The topological polar surface area (TPSA) is 55.8 Å². The number of carbonyl (C=O) groups is 1. The van der Waals surface area contributed by atoms with Crippen molar-refractivity contribution in [2.45, 2.75) is 108 Å². The van der Waals surface area contributed by atoms with Crippen LogP contribution in [0.15, 0.2) is 11.4 Å². The first-order chi connectivity index (χ1) is 14.9. The molecule has 180 valence electrons. The van der Waals surface area contributed by atoms with Crippen LogP contribution in [0.3, 0.4) is 0 Å². The summed E-state index contributed by atoms with van der Waals surface area (Å²) in [6.07, 6.45) is 3.43. The molecule has 1 aliphatic heterocycles. The fourth-order valence-electron chi connectivity index (χ4n) is 8.41. The second-order valence-corrected chi connectivity index (χ2v) is 12.5. The van der Waals surface area contributed by atoms with Crippen molar-refractivity contribution in [1.29, 1.82) is 0 Å². The van der Waals surface area contributed by atoms with E-state index in [-0.39, 0.29) is 61.3 Å². The van der Waals surface area contributed by atoms with Gasteiger partial charge in [-0.1, -0.05) is 27.2 Å². The molecule has 0 bridgehead atoms. The maximum atomic E-state index is 17.3. The molecule has 5 rings (SSSR count). The van der Waals surface area contributed by atoms with Gasteiger partial charge >= 0.3 is 0 Å². The maximum Gasteiger partial charge on any atom is 0.168 e. The number of alkyl halides is 1. The van der Waals surface area contributed by atoms with Crippen LogP contribution in [0.5, 0.6) is 0 Å². The summed E-state index contributed by atoms with van der Waals surface area (Å²) in [6, 6.07) is 0. The highest BCUT2D eigenvalue weighted by molar-refractivity contribution is 7.99. The average molecular weight is 471 g/mol. The van der Waals surface area contributed by atoms with Crippen LogP contribution in [-0.2, 0) is 14.3 Å². The number of carbonyl (C=O) groups excluding carboxylic acids is 1. The van der Waals surface area contributed by atoms with Crippen LogP contribution in [0.2, 0.25) is 0 Å². The van der Waals surface area contributed by atoms with E-state index in [0.717, 1.165) is 12.8 Å². The molecule has 0 aromatic carbocycles. The van der Waals surface area contributed by atoms with Crippen molar-refractivity contribution in [3.8, 4) is 0 Å². The van der Waals surface area contributed by atoms with Crippen molar-refractivity contribution in [3.05, 3.63) is 11.4 Å². The molecule has 7 heteroatoms. The minimum atomic E-state index is -1.96. The van der Waals surface area contributed by atoms with Crippen LogP contribution >= 0.6 is 11.8 Å². The van der Waals surface area contributed by atoms with Crippen molar-refractivity contribution < 1.29 is 28.2 Å². The van der Waals surface area contributed by atoms with Gasteiger partial charge in [0.15, 0.2) is 5.79 Å². The number of rotatable bonds is 3. The zero-order valence-corrected chi connectivity index (χ0v) is 20.6. The standard InChI is InChI=1S/C25H36F2O4S/c1-6-8-23(4)30-20-12-15-16-11-18(26)17-10-14(28)7-9-21(17,2)24(16,27)19(29)13-22(15,3)25(20,31-23)32-5/h15-16,19-20,29H,6-13H2,1-5H3/t15?,16?,19-,20+,21-,22-,23+,24-,25-/m0/s1. The molecule has 0 aromatic rings. The number of hydrogen-bond donors (Lipinski definition) is 1. The highest BCUT2D eigenvalue weighted by Gasteiger charge is 2.78. The van der Waals surface area contributed by atoms with Crippen molar-refractivity contribution >= 4 is 17.5 Å². The Morgan fingerprint density at radius 3 is 2.62 bits per heavy atom. The molecule has 3 saturated carbocycles. The Morgan fingerprint density at radius 1 is 1.25 bits per heavy atom. The second-order valence-electron chi connectivity index (χ2n) is 11.5. The van der Waals surface area contributed by atoms with Crippen molar-refractivity contribution in [3.63, 3.8) is 0 Å². The van der Waals surface area contributed by atoms with Crippen LogP contribution in [0.1, 0.15) is 79.1 Å². The summed E-state index contributed by atoms with van der Waals surface area (Å²) in [4.78, 5) is 11.4. The van der Waals surface area contributed by atoms with Crippen LogP contribution < -0.4 is 0 Å². The molecule has 9 atom stereocenters. The van der Waals surface area contributed by atoms with Gasteiger partial charge in [-0.2, -0.15) is 0 Å². The van der Waals surface area contributed by atoms with Gasteiger partial charge in [-0.15, -0.1) is 11.8 Å². The number of halogens is 2. The van der Waals surface area contributed by atoms with Crippen molar-refractivity contribution in [2.24, 2.45) is 22.7 Å². The number of Topliss-reactive ketones (excluding diaryl/α,β-unsaturated/α-hetero) is 1. The summed E-state index contributed by atoms with van der Waals surface area (Å²) in [5, 5.41) is 11.5. The number of aliphatic hydroxyl groups excluding tert-OH is 1. The molecule has 0 amide bonds. The Hall–Kier alpha value is -0.500. The number of aliphatic hydroxyl groups is 1. The van der Waals surface area contributed by atoms with E-state index in [4.69, 9.17) is 9.47 Å². The van der Waals surface area contributed by atoms with Crippen molar-refractivity contribution in [2.75, 3.05) is 6.26 Å². The number of fused-ring (bicyclic) bond motifs is 7. The smallest absolute Gasteiger partial charge is 0.168 e. The van der Waals surface area contributed by atoms with E-state index in [2.05, 4.69) is 13.8 Å². The Morgan fingerprint density at radius 2 is 1.97 bits per heavy atom. The zero-order chi connectivity index (χ0) is 23.3. The fourth-order valence-corrected chi connectivity index (χ4v) is 9.78. The average Bonchev–Trinajstić information content (AvgIpc) is 3.13. The lowest BCUT2D eigenvalue weighted by molar-refractivity contribution is -0.242. The van der Waals surface area contributed by atoms with Gasteiger partial charge in [0.25, 0.3) is 0 Å². The third kappa shape index (κ3) is 2.57. The lowest BCUT2D eigenvalue weighted by Gasteiger charge is -2.63. The number of ether oxygens (including phenoxy) is 2. The monoisotopic (exact) mass is 470 g/mol. The summed E-state index contributed by atoms with van der Waals surface area (Å²) < 4.78 is 46.0. The Bertz CT molecular complexity index is 880. The Labute approximate surface area is 193 Å². The highest BCUT2D eigenvalue weighted by Crippen LogP contribution is 2.74. The summed E-state index contributed by atoms with van der Waals surface area (Å²) in [5.74, 6) is -1.94. The highest BCUT2D eigenvalue weighted by atomic mass is 32.2. The molecule has 4 fully saturated rings. The predicted octanol–water partition coefficient (Wildman–Crippen LogP) is 5.48. The third-order valence-corrected chi connectivity index (χ3v) is 11.3. The molecule has 32 heavy (non-hydrogen) atoms. The van der Waals surface area contributed by atoms with Crippen LogP contribution in [0.25, 0.3) is 0 Å². The van der Waals surface area contributed by atoms with E-state index in [9.17, 15) is 9.90 Å². The molecule has 2 unspecified atom stereocenters. The summed E-state index contributed by atoms with van der Waals surface area (Å²) in [7, 11) is 0. The molecule has 0 aromatic heterocycles.